The molecule has 3 rings (SSSR count). The van der Waals surface area contributed by atoms with Crippen molar-refractivity contribution in [2.24, 2.45) is 0 Å². The lowest BCUT2D eigenvalue weighted by Gasteiger charge is -2.27. The zero-order chi connectivity index (χ0) is 21.2. The van der Waals surface area contributed by atoms with Gasteiger partial charge in [-0.1, -0.05) is 24.3 Å². The zero-order valence-electron chi connectivity index (χ0n) is 17.0. The van der Waals surface area contributed by atoms with E-state index in [-0.39, 0.29) is 11.6 Å². The van der Waals surface area contributed by atoms with E-state index >= 15 is 0 Å². The SMILES string of the molecule is O=C(CCCNc1ccc([N+](=O)[O-])cc1)NCc1ccccc1CN1CCOCC1. The van der Waals surface area contributed by atoms with Crippen LogP contribution in [0.1, 0.15) is 24.0 Å². The van der Waals surface area contributed by atoms with Crippen LogP contribution in [0.3, 0.4) is 0 Å². The van der Waals surface area contributed by atoms with Crippen molar-refractivity contribution in [3.63, 3.8) is 0 Å². The van der Waals surface area contributed by atoms with Crippen LogP contribution >= 0.6 is 0 Å². The van der Waals surface area contributed by atoms with Gasteiger partial charge in [-0.2, -0.15) is 0 Å². The second-order valence-corrected chi connectivity index (χ2v) is 7.27. The Labute approximate surface area is 176 Å². The number of nitrogens with one attached hydrogen (secondary N) is 2. The molecular weight excluding hydrogens is 384 g/mol. The second kappa shape index (κ2) is 11.3. The fourth-order valence-electron chi connectivity index (χ4n) is 3.35. The van der Waals surface area contributed by atoms with E-state index in [0.717, 1.165) is 44.1 Å². The summed E-state index contributed by atoms with van der Waals surface area (Å²) in [6.45, 7) is 5.42. The molecule has 0 atom stereocenters. The van der Waals surface area contributed by atoms with Gasteiger partial charge < -0.3 is 15.4 Å². The average molecular weight is 412 g/mol. The smallest absolute Gasteiger partial charge is 0.269 e. The molecular formula is C22H28N4O4. The largest absolute Gasteiger partial charge is 0.385 e. The van der Waals surface area contributed by atoms with Gasteiger partial charge in [0.25, 0.3) is 5.69 Å². The fourth-order valence-corrected chi connectivity index (χ4v) is 3.35. The number of amides is 1. The molecule has 2 aromatic rings. The summed E-state index contributed by atoms with van der Waals surface area (Å²) < 4.78 is 5.41. The Balaban J connectivity index is 1.38. The van der Waals surface area contributed by atoms with E-state index in [0.29, 0.717) is 25.9 Å². The maximum atomic E-state index is 12.2. The summed E-state index contributed by atoms with van der Waals surface area (Å²) in [6.07, 6.45) is 1.10. The van der Waals surface area contributed by atoms with Gasteiger partial charge in [0.15, 0.2) is 0 Å². The Hall–Kier alpha value is -2.97. The van der Waals surface area contributed by atoms with Crippen molar-refractivity contribution in [3.8, 4) is 0 Å². The van der Waals surface area contributed by atoms with Gasteiger partial charge in [-0.05, 0) is 29.7 Å². The predicted octanol–water partition coefficient (Wildman–Crippen LogP) is 2.94. The Morgan fingerprint density at radius 1 is 1.07 bits per heavy atom. The van der Waals surface area contributed by atoms with Crippen molar-refractivity contribution >= 4 is 17.3 Å². The molecule has 30 heavy (non-hydrogen) atoms. The molecule has 1 aliphatic heterocycles. The van der Waals surface area contributed by atoms with E-state index in [4.69, 9.17) is 4.74 Å². The van der Waals surface area contributed by atoms with E-state index in [9.17, 15) is 14.9 Å². The topological polar surface area (TPSA) is 96.7 Å². The van der Waals surface area contributed by atoms with Crippen LogP contribution in [0.5, 0.6) is 0 Å². The third-order valence-electron chi connectivity index (χ3n) is 5.08. The van der Waals surface area contributed by atoms with Crippen molar-refractivity contribution in [3.05, 3.63) is 69.8 Å². The number of carbonyl (C=O) groups excluding carboxylic acids is 1. The van der Waals surface area contributed by atoms with Crippen molar-refractivity contribution < 1.29 is 14.5 Å². The number of hydrogen-bond acceptors (Lipinski definition) is 6. The quantitative estimate of drug-likeness (QED) is 0.354. The highest BCUT2D eigenvalue weighted by Crippen LogP contribution is 2.15. The van der Waals surface area contributed by atoms with Gasteiger partial charge in [-0.15, -0.1) is 0 Å². The van der Waals surface area contributed by atoms with Crippen LogP contribution in [-0.4, -0.2) is 48.6 Å². The summed E-state index contributed by atoms with van der Waals surface area (Å²) in [5, 5.41) is 16.9. The van der Waals surface area contributed by atoms with Crippen LogP contribution in [0.2, 0.25) is 0 Å². The predicted molar refractivity (Wildman–Crippen MR) is 115 cm³/mol. The molecule has 1 aliphatic rings. The number of benzene rings is 2. The van der Waals surface area contributed by atoms with E-state index in [1.165, 1.54) is 17.7 Å². The van der Waals surface area contributed by atoms with Gasteiger partial charge >= 0.3 is 0 Å². The number of nitrogens with zero attached hydrogens (tertiary/aromatic N) is 2. The standard InChI is InChI=1S/C22H28N4O4/c27-22(6-3-11-23-20-7-9-21(10-8-20)26(28)29)24-16-18-4-1-2-5-19(18)17-25-12-14-30-15-13-25/h1-2,4-5,7-10,23H,3,6,11-17H2,(H,24,27). The summed E-state index contributed by atoms with van der Waals surface area (Å²) in [4.78, 5) is 24.8. The van der Waals surface area contributed by atoms with Crippen LogP contribution in [-0.2, 0) is 22.6 Å². The molecule has 1 amide bonds. The minimum Gasteiger partial charge on any atom is -0.385 e. The van der Waals surface area contributed by atoms with Crippen molar-refractivity contribution in [1.29, 1.82) is 0 Å². The van der Waals surface area contributed by atoms with Crippen LogP contribution in [0, 0.1) is 10.1 Å². The third-order valence-corrected chi connectivity index (χ3v) is 5.08. The molecule has 0 radical (unpaired) electrons. The van der Waals surface area contributed by atoms with Gasteiger partial charge in [0, 0.05) is 57.0 Å². The lowest BCUT2D eigenvalue weighted by molar-refractivity contribution is -0.384. The van der Waals surface area contributed by atoms with E-state index in [2.05, 4.69) is 27.7 Å². The first-order valence-corrected chi connectivity index (χ1v) is 10.2. The number of ether oxygens (including phenoxy) is 1. The molecule has 1 saturated heterocycles. The van der Waals surface area contributed by atoms with Gasteiger partial charge in [-0.3, -0.25) is 19.8 Å². The normalized spacial score (nSPS) is 14.3. The first-order valence-electron chi connectivity index (χ1n) is 10.2. The lowest BCUT2D eigenvalue weighted by Crippen LogP contribution is -2.36. The molecule has 0 saturated carbocycles. The minimum atomic E-state index is -0.423. The summed E-state index contributed by atoms with van der Waals surface area (Å²) in [7, 11) is 0. The monoisotopic (exact) mass is 412 g/mol. The lowest BCUT2D eigenvalue weighted by atomic mass is 10.1. The van der Waals surface area contributed by atoms with Gasteiger partial charge in [0.2, 0.25) is 5.91 Å². The Bertz CT molecular complexity index is 835. The Morgan fingerprint density at radius 2 is 1.77 bits per heavy atom. The third kappa shape index (κ3) is 6.82. The number of morpholine rings is 1. The number of carbonyl (C=O) groups is 1. The molecule has 2 aromatic carbocycles. The molecule has 1 heterocycles. The molecule has 160 valence electrons. The number of rotatable bonds is 10. The molecule has 0 aromatic heterocycles. The molecule has 2 N–H and O–H groups in total. The molecule has 8 nitrogen and oxygen atoms in total. The van der Waals surface area contributed by atoms with E-state index in [1.54, 1.807) is 12.1 Å². The second-order valence-electron chi connectivity index (χ2n) is 7.27. The van der Waals surface area contributed by atoms with Crippen LogP contribution < -0.4 is 10.6 Å². The summed E-state index contributed by atoms with van der Waals surface area (Å²) in [6, 6.07) is 14.5. The van der Waals surface area contributed by atoms with Gasteiger partial charge in [0.1, 0.15) is 0 Å². The minimum absolute atomic E-state index is 0.0154. The number of nitro groups is 1. The number of anilines is 1. The first kappa shape index (κ1) is 21.7. The van der Waals surface area contributed by atoms with Gasteiger partial charge in [0.05, 0.1) is 18.1 Å². The highest BCUT2D eigenvalue weighted by molar-refractivity contribution is 5.75. The summed E-state index contributed by atoms with van der Waals surface area (Å²) in [5.74, 6) is 0.0154. The van der Waals surface area contributed by atoms with Crippen LogP contribution in [0.25, 0.3) is 0 Å². The Kier molecular flexibility index (Phi) is 8.17. The van der Waals surface area contributed by atoms with Crippen molar-refractivity contribution in [2.75, 3.05) is 38.2 Å². The van der Waals surface area contributed by atoms with Crippen molar-refractivity contribution in [2.45, 2.75) is 25.9 Å². The molecule has 0 spiro atoms. The number of nitro benzene ring substituents is 1. The molecule has 0 aliphatic carbocycles. The fraction of sp³-hybridized carbons (Fsp3) is 0.409. The van der Waals surface area contributed by atoms with E-state index in [1.807, 2.05) is 12.1 Å². The number of hydrogen-bond donors (Lipinski definition) is 2. The summed E-state index contributed by atoms with van der Waals surface area (Å²) >= 11 is 0. The van der Waals surface area contributed by atoms with E-state index < -0.39 is 4.92 Å². The van der Waals surface area contributed by atoms with Gasteiger partial charge in [-0.25, -0.2) is 0 Å². The maximum Gasteiger partial charge on any atom is 0.269 e. The first-order chi connectivity index (χ1) is 14.6. The maximum absolute atomic E-state index is 12.2. The molecule has 1 fully saturated rings. The Morgan fingerprint density at radius 3 is 2.47 bits per heavy atom. The number of non-ortho nitro benzene ring substituents is 1. The van der Waals surface area contributed by atoms with Crippen LogP contribution in [0.4, 0.5) is 11.4 Å². The highest BCUT2D eigenvalue weighted by Gasteiger charge is 2.13. The molecule has 0 unspecified atom stereocenters. The molecule has 8 heteroatoms. The van der Waals surface area contributed by atoms with Crippen molar-refractivity contribution in [1.82, 2.24) is 10.2 Å². The average Bonchev–Trinajstić information content (AvgIpc) is 2.77. The van der Waals surface area contributed by atoms with Crippen LogP contribution in [0.15, 0.2) is 48.5 Å². The zero-order valence-corrected chi connectivity index (χ0v) is 17.0. The molecule has 0 bridgehead atoms. The summed E-state index contributed by atoms with van der Waals surface area (Å²) in [5.41, 5.74) is 3.24. The highest BCUT2D eigenvalue weighted by atomic mass is 16.6.